The van der Waals surface area contributed by atoms with Gasteiger partial charge in [0.25, 0.3) is 10.0 Å². The van der Waals surface area contributed by atoms with Crippen LogP contribution in [-0.4, -0.2) is 48.5 Å². The van der Waals surface area contributed by atoms with Crippen LogP contribution in [0.3, 0.4) is 0 Å². The lowest BCUT2D eigenvalue weighted by molar-refractivity contribution is 0.309. The number of nitrogens with zero attached hydrogens (tertiary/aromatic N) is 3. The van der Waals surface area contributed by atoms with Crippen molar-refractivity contribution < 1.29 is 13.2 Å². The molecule has 1 atom stereocenters. The molecular formula is C21H23N3O3S. The number of hydrogen-bond donors (Lipinski definition) is 0. The maximum absolute atomic E-state index is 13.4. The van der Waals surface area contributed by atoms with Crippen LogP contribution >= 0.6 is 0 Å². The Bertz CT molecular complexity index is 1150. The molecule has 0 N–H and O–H groups in total. The van der Waals surface area contributed by atoms with E-state index in [-0.39, 0.29) is 4.90 Å². The Morgan fingerprint density at radius 2 is 2.18 bits per heavy atom. The molecule has 0 unspecified atom stereocenters. The number of hydrogen-bond acceptors (Lipinski definition) is 5. The van der Waals surface area contributed by atoms with Crippen LogP contribution in [0.2, 0.25) is 0 Å². The van der Waals surface area contributed by atoms with Gasteiger partial charge in [0.1, 0.15) is 5.75 Å². The number of fused-ring (bicyclic) bond motifs is 2. The second-order valence-corrected chi connectivity index (χ2v) is 9.49. The lowest BCUT2D eigenvalue weighted by Crippen LogP contribution is -2.26. The third kappa shape index (κ3) is 2.81. The molecule has 2 aliphatic heterocycles. The SMILES string of the molecule is CN1CCC[C@@H]1Cc1cn(S(=O)(=O)c2ccc3c(c2)OCC3)c2cccnc12. The molecule has 2 aliphatic rings. The molecule has 2 aromatic heterocycles. The van der Waals surface area contributed by atoms with E-state index in [0.717, 1.165) is 42.5 Å². The predicted octanol–water partition coefficient (Wildman–Crippen LogP) is 2.84. The van der Waals surface area contributed by atoms with Crippen molar-refractivity contribution in [1.82, 2.24) is 13.9 Å². The van der Waals surface area contributed by atoms with Gasteiger partial charge in [-0.05, 0) is 62.2 Å². The number of rotatable bonds is 4. The van der Waals surface area contributed by atoms with E-state index in [9.17, 15) is 8.42 Å². The van der Waals surface area contributed by atoms with Crippen molar-refractivity contribution in [2.24, 2.45) is 0 Å². The molecule has 0 saturated carbocycles. The van der Waals surface area contributed by atoms with Crippen molar-refractivity contribution in [3.8, 4) is 5.75 Å². The zero-order valence-electron chi connectivity index (χ0n) is 15.8. The van der Waals surface area contributed by atoms with Crippen LogP contribution in [-0.2, 0) is 22.9 Å². The Labute approximate surface area is 164 Å². The zero-order chi connectivity index (χ0) is 19.3. The summed E-state index contributed by atoms with van der Waals surface area (Å²) >= 11 is 0. The molecule has 6 nitrogen and oxygen atoms in total. The number of aromatic nitrogens is 2. The van der Waals surface area contributed by atoms with Gasteiger partial charge >= 0.3 is 0 Å². The largest absolute Gasteiger partial charge is 0.493 e. The molecule has 0 amide bonds. The van der Waals surface area contributed by atoms with Gasteiger partial charge in [0.15, 0.2) is 0 Å². The van der Waals surface area contributed by atoms with Crippen molar-refractivity contribution in [2.75, 3.05) is 20.2 Å². The van der Waals surface area contributed by atoms with E-state index in [1.807, 2.05) is 12.1 Å². The molecule has 5 rings (SSSR count). The molecule has 146 valence electrons. The average Bonchev–Trinajstić information content (AvgIpc) is 3.41. The summed E-state index contributed by atoms with van der Waals surface area (Å²) in [7, 11) is -1.60. The van der Waals surface area contributed by atoms with Crippen molar-refractivity contribution in [3.05, 3.63) is 53.9 Å². The lowest BCUT2D eigenvalue weighted by Gasteiger charge is -2.18. The number of ether oxygens (including phenoxy) is 1. The highest BCUT2D eigenvalue weighted by Crippen LogP contribution is 2.32. The van der Waals surface area contributed by atoms with E-state index in [0.29, 0.717) is 23.9 Å². The van der Waals surface area contributed by atoms with Crippen molar-refractivity contribution >= 4 is 21.1 Å². The first kappa shape index (κ1) is 17.7. The monoisotopic (exact) mass is 397 g/mol. The molecule has 1 saturated heterocycles. The quantitative estimate of drug-likeness (QED) is 0.677. The minimum Gasteiger partial charge on any atom is -0.493 e. The molecule has 4 heterocycles. The average molecular weight is 398 g/mol. The van der Waals surface area contributed by atoms with Crippen molar-refractivity contribution in [3.63, 3.8) is 0 Å². The Kier molecular flexibility index (Phi) is 4.17. The smallest absolute Gasteiger partial charge is 0.268 e. The first-order valence-corrected chi connectivity index (χ1v) is 11.1. The highest BCUT2D eigenvalue weighted by molar-refractivity contribution is 7.90. The topological polar surface area (TPSA) is 64.4 Å². The third-order valence-electron chi connectivity index (χ3n) is 5.95. The molecule has 1 aromatic carbocycles. The maximum atomic E-state index is 13.4. The highest BCUT2D eigenvalue weighted by Gasteiger charge is 2.27. The second-order valence-electron chi connectivity index (χ2n) is 7.68. The molecule has 0 radical (unpaired) electrons. The summed E-state index contributed by atoms with van der Waals surface area (Å²) in [5, 5.41) is 0. The van der Waals surface area contributed by atoms with Gasteiger partial charge in [-0.25, -0.2) is 12.4 Å². The van der Waals surface area contributed by atoms with Crippen LogP contribution in [0.5, 0.6) is 5.75 Å². The van der Waals surface area contributed by atoms with Crippen LogP contribution in [0.1, 0.15) is 24.0 Å². The molecule has 0 spiro atoms. The van der Waals surface area contributed by atoms with Crippen molar-refractivity contribution in [1.29, 1.82) is 0 Å². The van der Waals surface area contributed by atoms with Gasteiger partial charge in [-0.3, -0.25) is 4.98 Å². The van der Waals surface area contributed by atoms with Crippen LogP contribution in [0.25, 0.3) is 11.0 Å². The summed E-state index contributed by atoms with van der Waals surface area (Å²) in [4.78, 5) is 7.10. The molecule has 28 heavy (non-hydrogen) atoms. The fourth-order valence-electron chi connectivity index (χ4n) is 4.35. The fourth-order valence-corrected chi connectivity index (χ4v) is 5.75. The van der Waals surface area contributed by atoms with Crippen LogP contribution in [0.15, 0.2) is 47.6 Å². The Hall–Kier alpha value is -2.38. The van der Waals surface area contributed by atoms with Gasteiger partial charge in [0.05, 0.1) is 22.5 Å². The van der Waals surface area contributed by atoms with Gasteiger partial charge in [-0.1, -0.05) is 6.07 Å². The maximum Gasteiger partial charge on any atom is 0.268 e. The van der Waals surface area contributed by atoms with E-state index in [2.05, 4.69) is 16.9 Å². The summed E-state index contributed by atoms with van der Waals surface area (Å²) in [6.45, 7) is 1.69. The normalized spacial score (nSPS) is 19.8. The first-order valence-electron chi connectivity index (χ1n) is 9.70. The molecule has 7 heteroatoms. The Morgan fingerprint density at radius 3 is 3.00 bits per heavy atom. The number of benzene rings is 1. The van der Waals surface area contributed by atoms with E-state index in [1.54, 1.807) is 30.6 Å². The standard InChI is InChI=1S/C21H23N3O3S/c1-23-10-3-4-17(23)12-16-14-24(19-5-2-9-22-21(16)19)28(25,26)18-7-6-15-8-11-27-20(15)13-18/h2,5-7,9,13-14,17H,3-4,8,10-12H2,1H3/t17-/m1/s1. The van der Waals surface area contributed by atoms with Gasteiger partial charge < -0.3 is 9.64 Å². The van der Waals surface area contributed by atoms with E-state index in [1.165, 1.54) is 10.4 Å². The third-order valence-corrected chi connectivity index (χ3v) is 7.62. The lowest BCUT2D eigenvalue weighted by atomic mass is 10.1. The number of likely N-dealkylation sites (tertiary alicyclic amines) is 1. The number of pyridine rings is 1. The van der Waals surface area contributed by atoms with Gasteiger partial charge in [0.2, 0.25) is 0 Å². The van der Waals surface area contributed by atoms with E-state index in [4.69, 9.17) is 4.74 Å². The van der Waals surface area contributed by atoms with Crippen LogP contribution < -0.4 is 4.74 Å². The van der Waals surface area contributed by atoms with E-state index < -0.39 is 10.0 Å². The minimum atomic E-state index is -3.73. The Morgan fingerprint density at radius 1 is 1.29 bits per heavy atom. The van der Waals surface area contributed by atoms with Gasteiger partial charge in [-0.2, -0.15) is 0 Å². The Balaban J connectivity index is 1.60. The molecule has 1 fully saturated rings. The predicted molar refractivity (Wildman–Crippen MR) is 107 cm³/mol. The molecule has 3 aromatic rings. The summed E-state index contributed by atoms with van der Waals surface area (Å²) in [6.07, 6.45) is 7.42. The molecular weight excluding hydrogens is 374 g/mol. The highest BCUT2D eigenvalue weighted by atomic mass is 32.2. The molecule has 0 bridgehead atoms. The van der Waals surface area contributed by atoms with Crippen LogP contribution in [0.4, 0.5) is 0 Å². The van der Waals surface area contributed by atoms with E-state index >= 15 is 0 Å². The summed E-state index contributed by atoms with van der Waals surface area (Å²) in [6, 6.07) is 9.21. The van der Waals surface area contributed by atoms with Gasteiger partial charge in [-0.15, -0.1) is 0 Å². The van der Waals surface area contributed by atoms with Crippen LogP contribution in [0, 0.1) is 0 Å². The zero-order valence-corrected chi connectivity index (χ0v) is 16.7. The first-order chi connectivity index (χ1) is 13.5. The van der Waals surface area contributed by atoms with Crippen molar-refractivity contribution in [2.45, 2.75) is 36.6 Å². The summed E-state index contributed by atoms with van der Waals surface area (Å²) in [5.74, 6) is 0.670. The van der Waals surface area contributed by atoms with Gasteiger partial charge in [0, 0.05) is 30.9 Å². The fraction of sp³-hybridized carbons (Fsp3) is 0.381. The molecule has 0 aliphatic carbocycles. The number of likely N-dealkylation sites (N-methyl/N-ethyl adjacent to an activating group) is 1. The summed E-state index contributed by atoms with van der Waals surface area (Å²) < 4.78 is 33.8. The minimum absolute atomic E-state index is 0.249. The summed E-state index contributed by atoms with van der Waals surface area (Å²) in [5.41, 5.74) is 3.43. The second kappa shape index (κ2) is 6.60.